The number of aliphatic imine (C=N–C) groups is 1. The van der Waals surface area contributed by atoms with Crippen LogP contribution in [0.1, 0.15) is 70.6 Å². The molecule has 194 valence electrons. The first-order chi connectivity index (χ1) is 17.4. The zero-order valence-electron chi connectivity index (χ0n) is 21.8. The molecule has 0 spiro atoms. The molecule has 1 saturated carbocycles. The number of halogens is 2. The lowest BCUT2D eigenvalue weighted by Crippen LogP contribution is -2.63. The molecule has 3 aliphatic carbocycles. The lowest BCUT2D eigenvalue weighted by atomic mass is 9.67. The predicted octanol–water partition coefficient (Wildman–Crippen LogP) is 5.17. The molecule has 1 unspecified atom stereocenters. The number of alkyl halides is 2. The highest BCUT2D eigenvalue weighted by atomic mass is 19.3. The molecule has 2 heterocycles. The number of hydrogen-bond donors (Lipinski definition) is 1. The number of amides is 1. The normalized spacial score (nSPS) is 24.8. The molecule has 1 amide bonds. The van der Waals surface area contributed by atoms with Crippen LogP contribution in [0.25, 0.3) is 11.3 Å². The van der Waals surface area contributed by atoms with Gasteiger partial charge in [0.05, 0.1) is 16.6 Å². The van der Waals surface area contributed by atoms with Gasteiger partial charge >= 0.3 is 6.09 Å². The minimum absolute atomic E-state index is 0.202. The van der Waals surface area contributed by atoms with Crippen molar-refractivity contribution in [2.75, 3.05) is 0 Å². The lowest BCUT2D eigenvalue weighted by molar-refractivity contribution is -0.119. The second-order valence-corrected chi connectivity index (χ2v) is 11.3. The monoisotopic (exact) mass is 505 g/mol. The summed E-state index contributed by atoms with van der Waals surface area (Å²) in [6.45, 7) is 7.26. The van der Waals surface area contributed by atoms with Crippen molar-refractivity contribution < 1.29 is 18.3 Å². The fraction of sp³-hybridized carbons (Fsp3) is 0.433. The third-order valence-electron chi connectivity index (χ3n) is 7.19. The van der Waals surface area contributed by atoms with Crippen LogP contribution >= 0.6 is 0 Å². The Kier molecular flexibility index (Phi) is 6.29. The van der Waals surface area contributed by atoms with Crippen LogP contribution in [0.5, 0.6) is 0 Å². The summed E-state index contributed by atoms with van der Waals surface area (Å²) >= 11 is 0. The van der Waals surface area contributed by atoms with Gasteiger partial charge in [-0.3, -0.25) is 9.98 Å². The van der Waals surface area contributed by atoms with E-state index in [0.29, 0.717) is 18.4 Å². The molecule has 1 fully saturated rings. The maximum atomic E-state index is 14.1. The van der Waals surface area contributed by atoms with Crippen LogP contribution in [-0.2, 0) is 11.2 Å². The number of alkyl carbamates (subject to hydrolysis) is 1. The Hall–Kier alpha value is -3.35. The molecular formula is C30H33F2N3O2. The van der Waals surface area contributed by atoms with Crippen LogP contribution in [0, 0.1) is 0 Å². The van der Waals surface area contributed by atoms with E-state index >= 15 is 0 Å². The van der Waals surface area contributed by atoms with E-state index in [0.717, 1.165) is 39.5 Å². The summed E-state index contributed by atoms with van der Waals surface area (Å²) in [4.78, 5) is 22.1. The van der Waals surface area contributed by atoms with E-state index in [-0.39, 0.29) is 5.92 Å². The molecule has 1 atom stereocenters. The van der Waals surface area contributed by atoms with Crippen molar-refractivity contribution >= 4 is 23.6 Å². The van der Waals surface area contributed by atoms with Crippen LogP contribution in [0.15, 0.2) is 59.2 Å². The summed E-state index contributed by atoms with van der Waals surface area (Å²) < 4.78 is 33.5. The number of allylic oxidation sites excluding steroid dienone is 6. The molecule has 4 aliphatic rings. The molecule has 0 aromatic carbocycles. The van der Waals surface area contributed by atoms with Crippen LogP contribution < -0.4 is 15.9 Å². The lowest BCUT2D eigenvalue weighted by Gasteiger charge is -2.49. The van der Waals surface area contributed by atoms with Crippen LogP contribution in [0.4, 0.5) is 13.6 Å². The molecule has 1 aromatic heterocycles. The maximum Gasteiger partial charge on any atom is 0.408 e. The average Bonchev–Trinajstić information content (AvgIpc) is 2.82. The summed E-state index contributed by atoms with van der Waals surface area (Å²) in [6.07, 6.45) is 16.7. The first-order valence-corrected chi connectivity index (χ1v) is 12.8. The van der Waals surface area contributed by atoms with E-state index < -0.39 is 36.0 Å². The molecule has 7 heteroatoms. The fourth-order valence-corrected chi connectivity index (χ4v) is 5.50. The van der Waals surface area contributed by atoms with Crippen LogP contribution in [-0.4, -0.2) is 34.4 Å². The van der Waals surface area contributed by atoms with Gasteiger partial charge in [-0.25, -0.2) is 13.6 Å². The van der Waals surface area contributed by atoms with Crippen LogP contribution in [0.3, 0.4) is 0 Å². The Morgan fingerprint density at radius 1 is 1.16 bits per heavy atom. The zero-order valence-corrected chi connectivity index (χ0v) is 21.8. The summed E-state index contributed by atoms with van der Waals surface area (Å²) in [7, 11) is 0. The van der Waals surface area contributed by atoms with Gasteiger partial charge in [-0.1, -0.05) is 42.5 Å². The van der Waals surface area contributed by atoms with Gasteiger partial charge in [-0.15, -0.1) is 0 Å². The van der Waals surface area contributed by atoms with Crippen LogP contribution in [0.2, 0.25) is 0 Å². The Morgan fingerprint density at radius 3 is 2.57 bits per heavy atom. The summed E-state index contributed by atoms with van der Waals surface area (Å²) in [5.74, 6) is -2.62. The molecular weight excluding hydrogens is 472 g/mol. The van der Waals surface area contributed by atoms with Crippen molar-refractivity contribution in [1.82, 2.24) is 10.3 Å². The van der Waals surface area contributed by atoms with E-state index in [4.69, 9.17) is 9.72 Å². The van der Waals surface area contributed by atoms with E-state index in [9.17, 15) is 13.6 Å². The third kappa shape index (κ3) is 5.22. The Morgan fingerprint density at radius 2 is 1.95 bits per heavy atom. The van der Waals surface area contributed by atoms with Gasteiger partial charge in [0.25, 0.3) is 5.92 Å². The molecule has 5 nitrogen and oxygen atoms in total. The smallest absolute Gasteiger partial charge is 0.408 e. The number of nitrogens with one attached hydrogen (secondary N) is 1. The number of hydrogen-bond acceptors (Lipinski definition) is 4. The number of carbonyl (C=O) groups is 1. The van der Waals surface area contributed by atoms with Crippen molar-refractivity contribution in [2.45, 2.75) is 82.8 Å². The standard InChI is InChI=1S/C30H33F2N3O2/c1-19-23-16-24(20-8-6-5-7-9-20)26(34-25(23)14-15-33-19)21-10-12-22(13-11-21)29(17-30(31,32)18-29)35-27(36)37-28(2,3)4/h5-8,10,12-13,15-16,20H,9,11,14,17-18H2,1-4H3,(H,35,36). The molecule has 1 aromatic rings. The van der Waals surface area contributed by atoms with E-state index in [1.807, 2.05) is 31.4 Å². The summed E-state index contributed by atoms with van der Waals surface area (Å²) in [5.41, 5.74) is 2.96. The highest BCUT2D eigenvalue weighted by Gasteiger charge is 2.59. The Balaban J connectivity index is 1.51. The Labute approximate surface area is 216 Å². The number of aromatic nitrogens is 1. The van der Waals surface area contributed by atoms with Gasteiger partial charge in [0, 0.05) is 42.3 Å². The van der Waals surface area contributed by atoms with E-state index in [1.165, 1.54) is 0 Å². The SMILES string of the molecule is CC1=c2cc(C3C=CC=CC3)c(=C3C=CC(C4(NC(=O)OC(C)(C)C)CC(F)(F)C4)=CC3)nc2CC=N1. The van der Waals surface area contributed by atoms with Gasteiger partial charge < -0.3 is 10.1 Å². The minimum atomic E-state index is -2.82. The van der Waals surface area contributed by atoms with E-state index in [1.54, 1.807) is 20.8 Å². The topological polar surface area (TPSA) is 63.6 Å². The number of fused-ring (bicyclic) bond motifs is 1. The quantitative estimate of drug-likeness (QED) is 0.617. The third-order valence-corrected chi connectivity index (χ3v) is 7.19. The molecule has 1 aliphatic heterocycles. The van der Waals surface area contributed by atoms with Crippen molar-refractivity contribution in [3.8, 4) is 0 Å². The molecule has 0 bridgehead atoms. The number of ether oxygens (including phenoxy) is 1. The first-order valence-electron chi connectivity index (χ1n) is 12.8. The second-order valence-electron chi connectivity index (χ2n) is 11.3. The molecule has 37 heavy (non-hydrogen) atoms. The van der Waals surface area contributed by atoms with Gasteiger partial charge in [-0.2, -0.15) is 0 Å². The second kappa shape index (κ2) is 9.19. The fourth-order valence-electron chi connectivity index (χ4n) is 5.50. The molecule has 0 saturated heterocycles. The van der Waals surface area contributed by atoms with Crippen molar-refractivity contribution in [1.29, 1.82) is 0 Å². The summed E-state index contributed by atoms with van der Waals surface area (Å²) in [6, 6.07) is 2.22. The first kappa shape index (κ1) is 25.3. The number of nitrogens with zero attached hydrogens (tertiary/aromatic N) is 2. The van der Waals surface area contributed by atoms with Gasteiger partial charge in [0.15, 0.2) is 0 Å². The molecule has 0 radical (unpaired) electrons. The van der Waals surface area contributed by atoms with Gasteiger partial charge in [0.2, 0.25) is 0 Å². The largest absolute Gasteiger partial charge is 0.444 e. The molecule has 5 rings (SSSR count). The van der Waals surface area contributed by atoms with E-state index in [2.05, 4.69) is 40.7 Å². The van der Waals surface area contributed by atoms with Crippen molar-refractivity contribution in [3.63, 3.8) is 0 Å². The van der Waals surface area contributed by atoms with Gasteiger partial charge in [0.1, 0.15) is 5.60 Å². The number of carbonyl (C=O) groups excluding carboxylic acids is 1. The summed E-state index contributed by atoms with van der Waals surface area (Å²) in [5, 5.41) is 4.77. The maximum absolute atomic E-state index is 14.1. The highest BCUT2D eigenvalue weighted by Crippen LogP contribution is 2.50. The van der Waals surface area contributed by atoms with Crippen molar-refractivity contribution in [2.24, 2.45) is 4.99 Å². The predicted molar refractivity (Wildman–Crippen MR) is 142 cm³/mol. The number of pyridine rings is 1. The molecule has 1 N–H and O–H groups in total. The van der Waals surface area contributed by atoms with Crippen molar-refractivity contribution in [3.05, 3.63) is 76.0 Å². The Bertz CT molecular complexity index is 1400. The highest BCUT2D eigenvalue weighted by molar-refractivity contribution is 5.73. The number of rotatable bonds is 3. The average molecular weight is 506 g/mol. The van der Waals surface area contributed by atoms with Gasteiger partial charge in [-0.05, 0) is 63.3 Å². The minimum Gasteiger partial charge on any atom is -0.444 e. The zero-order chi connectivity index (χ0) is 26.4.